The molecule has 0 bridgehead atoms. The third kappa shape index (κ3) is 3.86. The molecule has 0 spiro atoms. The number of nitrogens with one attached hydrogen (secondary N) is 1. The lowest BCUT2D eigenvalue weighted by atomic mass is 9.87. The van der Waals surface area contributed by atoms with Gasteiger partial charge in [-0.25, -0.2) is 13.8 Å². The number of halogens is 3. The van der Waals surface area contributed by atoms with Gasteiger partial charge >= 0.3 is 0 Å². The smallest absolute Gasteiger partial charge is 0.253 e. The van der Waals surface area contributed by atoms with Gasteiger partial charge in [0.15, 0.2) is 0 Å². The highest BCUT2D eigenvalue weighted by Gasteiger charge is 2.35. The van der Waals surface area contributed by atoms with Crippen molar-refractivity contribution < 1.29 is 13.6 Å². The molecule has 1 aromatic heterocycles. The molecule has 1 amide bonds. The Morgan fingerprint density at radius 1 is 1.22 bits per heavy atom. The fourth-order valence-electron chi connectivity index (χ4n) is 3.75. The van der Waals surface area contributed by atoms with E-state index >= 15 is 0 Å². The third-order valence-corrected chi connectivity index (χ3v) is 5.92. The van der Waals surface area contributed by atoms with Gasteiger partial charge in [0, 0.05) is 37.9 Å². The van der Waals surface area contributed by atoms with Crippen molar-refractivity contribution in [2.45, 2.75) is 38.0 Å². The summed E-state index contributed by atoms with van der Waals surface area (Å²) < 4.78 is 26.5. The van der Waals surface area contributed by atoms with Gasteiger partial charge in [0.25, 0.3) is 5.91 Å². The summed E-state index contributed by atoms with van der Waals surface area (Å²) in [4.78, 5) is 19.6. The van der Waals surface area contributed by atoms with Crippen molar-refractivity contribution in [2.75, 3.05) is 24.5 Å². The van der Waals surface area contributed by atoms with Crippen LogP contribution >= 0.6 is 11.6 Å². The molecule has 1 aliphatic heterocycles. The Hall–Kier alpha value is -1.95. The van der Waals surface area contributed by atoms with E-state index in [1.54, 1.807) is 6.07 Å². The highest BCUT2D eigenvalue weighted by atomic mass is 35.5. The number of anilines is 1. The summed E-state index contributed by atoms with van der Waals surface area (Å²) in [6, 6.07) is 7.31. The fourth-order valence-corrected chi connectivity index (χ4v) is 4.00. The Balaban J connectivity index is 1.50. The van der Waals surface area contributed by atoms with Crippen LogP contribution in [0.4, 0.5) is 14.6 Å². The van der Waals surface area contributed by atoms with Crippen LogP contribution in [0.2, 0.25) is 5.02 Å². The molecule has 0 unspecified atom stereocenters. The molecule has 4 nitrogen and oxygen atoms in total. The molecule has 144 valence electrons. The second-order valence-electron chi connectivity index (χ2n) is 7.51. The fraction of sp³-hybridized carbons (Fsp3) is 0.500. The van der Waals surface area contributed by atoms with Gasteiger partial charge < -0.3 is 10.2 Å². The number of alkyl halides is 2. The maximum absolute atomic E-state index is 13.3. The van der Waals surface area contributed by atoms with Crippen LogP contribution in [-0.2, 0) is 0 Å². The number of pyridine rings is 1. The molecule has 7 heteroatoms. The number of fused-ring (bicyclic) bond motifs is 1. The normalized spacial score (nSPS) is 19.7. The number of aromatic nitrogens is 1. The molecular weight excluding hydrogens is 372 g/mol. The number of carbonyl (C=O) groups excluding carboxylic acids is 1. The van der Waals surface area contributed by atoms with Crippen molar-refractivity contribution in [3.05, 3.63) is 34.9 Å². The van der Waals surface area contributed by atoms with E-state index in [0.717, 1.165) is 24.4 Å². The first kappa shape index (κ1) is 18.4. The SMILES string of the molecule is O=C(NCC1CCC(F)(F)CC1)c1c(Cl)ccc2nc(N3CCC3)ccc12. The molecule has 1 aromatic carbocycles. The lowest BCUT2D eigenvalue weighted by Gasteiger charge is -2.32. The second-order valence-corrected chi connectivity index (χ2v) is 7.92. The summed E-state index contributed by atoms with van der Waals surface area (Å²) in [5.74, 6) is -1.84. The Labute approximate surface area is 161 Å². The highest BCUT2D eigenvalue weighted by Crippen LogP contribution is 2.36. The van der Waals surface area contributed by atoms with Crippen molar-refractivity contribution in [3.63, 3.8) is 0 Å². The monoisotopic (exact) mass is 393 g/mol. The van der Waals surface area contributed by atoms with E-state index < -0.39 is 5.92 Å². The average Bonchev–Trinajstić information content (AvgIpc) is 2.59. The van der Waals surface area contributed by atoms with Crippen LogP contribution in [0.5, 0.6) is 0 Å². The molecule has 2 heterocycles. The van der Waals surface area contributed by atoms with Crippen molar-refractivity contribution in [2.24, 2.45) is 5.92 Å². The molecule has 4 rings (SSSR count). The quantitative estimate of drug-likeness (QED) is 0.822. The van der Waals surface area contributed by atoms with Gasteiger partial charge in [-0.3, -0.25) is 4.79 Å². The van der Waals surface area contributed by atoms with Crippen molar-refractivity contribution in [1.82, 2.24) is 10.3 Å². The van der Waals surface area contributed by atoms with Crippen LogP contribution in [0.1, 0.15) is 42.5 Å². The molecule has 2 fully saturated rings. The van der Waals surface area contributed by atoms with Crippen molar-refractivity contribution >= 4 is 34.2 Å². The Kier molecular flexibility index (Phi) is 4.93. The topological polar surface area (TPSA) is 45.2 Å². The lowest BCUT2D eigenvalue weighted by molar-refractivity contribution is -0.0452. The minimum absolute atomic E-state index is 0.0819. The highest BCUT2D eigenvalue weighted by molar-refractivity contribution is 6.35. The lowest BCUT2D eigenvalue weighted by Crippen LogP contribution is -2.37. The zero-order valence-corrected chi connectivity index (χ0v) is 15.7. The van der Waals surface area contributed by atoms with Crippen LogP contribution in [-0.4, -0.2) is 36.4 Å². The first-order valence-electron chi connectivity index (χ1n) is 9.43. The zero-order chi connectivity index (χ0) is 19.0. The minimum atomic E-state index is -2.56. The number of amides is 1. The summed E-state index contributed by atoms with van der Waals surface area (Å²) >= 11 is 6.30. The summed E-state index contributed by atoms with van der Waals surface area (Å²) in [5.41, 5.74) is 1.13. The second kappa shape index (κ2) is 7.23. The molecule has 1 N–H and O–H groups in total. The van der Waals surface area contributed by atoms with Gasteiger partial charge in [0.2, 0.25) is 5.92 Å². The number of carbonyl (C=O) groups is 1. The van der Waals surface area contributed by atoms with E-state index in [-0.39, 0.29) is 24.7 Å². The van der Waals surface area contributed by atoms with E-state index in [1.807, 2.05) is 18.2 Å². The minimum Gasteiger partial charge on any atom is -0.356 e. The summed E-state index contributed by atoms with van der Waals surface area (Å²) in [5, 5.41) is 3.96. The van der Waals surface area contributed by atoms with E-state index in [4.69, 9.17) is 11.6 Å². The molecule has 0 radical (unpaired) electrons. The number of hydrogen-bond donors (Lipinski definition) is 1. The van der Waals surface area contributed by atoms with Gasteiger partial charge in [0.05, 0.1) is 16.1 Å². The third-order valence-electron chi connectivity index (χ3n) is 5.60. The predicted octanol–water partition coefficient (Wildman–Crippen LogP) is 4.65. The molecule has 2 aliphatic rings. The molecule has 0 atom stereocenters. The number of nitrogens with zero attached hydrogens (tertiary/aromatic N) is 2. The Morgan fingerprint density at radius 3 is 2.63 bits per heavy atom. The zero-order valence-electron chi connectivity index (χ0n) is 15.0. The predicted molar refractivity (Wildman–Crippen MR) is 103 cm³/mol. The first-order chi connectivity index (χ1) is 12.9. The summed E-state index contributed by atoms with van der Waals surface area (Å²) in [6.07, 6.45) is 1.81. The van der Waals surface area contributed by atoms with Gasteiger partial charge in [-0.2, -0.15) is 0 Å². The molecular formula is C20H22ClF2N3O. The van der Waals surface area contributed by atoms with Crippen LogP contribution in [0.3, 0.4) is 0 Å². The van der Waals surface area contributed by atoms with Crippen LogP contribution < -0.4 is 10.2 Å². The summed E-state index contributed by atoms with van der Waals surface area (Å²) in [6.45, 7) is 2.39. The largest absolute Gasteiger partial charge is 0.356 e. The standard InChI is InChI=1S/C20H22ClF2N3O/c21-15-3-4-16-14(2-5-17(25-16)26-10-1-11-26)18(15)19(27)24-12-13-6-8-20(22,23)9-7-13/h2-5,13H,1,6-12H2,(H,24,27). The van der Waals surface area contributed by atoms with Gasteiger partial charge in [-0.15, -0.1) is 0 Å². The van der Waals surface area contributed by atoms with Gasteiger partial charge in [-0.05, 0) is 49.4 Å². The number of hydrogen-bond acceptors (Lipinski definition) is 3. The maximum Gasteiger partial charge on any atom is 0.253 e. The Bertz CT molecular complexity index is 860. The Morgan fingerprint density at radius 2 is 1.96 bits per heavy atom. The van der Waals surface area contributed by atoms with Crippen molar-refractivity contribution in [1.29, 1.82) is 0 Å². The molecule has 2 aromatic rings. The number of benzene rings is 1. The van der Waals surface area contributed by atoms with Crippen LogP contribution in [0, 0.1) is 5.92 Å². The molecule has 1 aliphatic carbocycles. The van der Waals surface area contributed by atoms with E-state index in [9.17, 15) is 13.6 Å². The maximum atomic E-state index is 13.3. The molecule has 27 heavy (non-hydrogen) atoms. The van der Waals surface area contributed by atoms with Crippen molar-refractivity contribution in [3.8, 4) is 0 Å². The average molecular weight is 394 g/mol. The van der Waals surface area contributed by atoms with Crippen LogP contribution in [0.15, 0.2) is 24.3 Å². The number of rotatable bonds is 4. The van der Waals surface area contributed by atoms with E-state index in [0.29, 0.717) is 35.4 Å². The first-order valence-corrected chi connectivity index (χ1v) is 9.81. The van der Waals surface area contributed by atoms with Gasteiger partial charge in [-0.1, -0.05) is 11.6 Å². The molecule has 1 saturated carbocycles. The van der Waals surface area contributed by atoms with E-state index in [1.165, 1.54) is 6.42 Å². The van der Waals surface area contributed by atoms with Gasteiger partial charge in [0.1, 0.15) is 5.82 Å². The molecule has 1 saturated heterocycles. The van der Waals surface area contributed by atoms with Crippen LogP contribution in [0.25, 0.3) is 10.9 Å². The summed E-state index contributed by atoms with van der Waals surface area (Å²) in [7, 11) is 0. The van der Waals surface area contributed by atoms with E-state index in [2.05, 4.69) is 15.2 Å².